The zero-order valence-corrected chi connectivity index (χ0v) is 8.47. The highest BCUT2D eigenvalue weighted by Gasteiger charge is 2.05. The lowest BCUT2D eigenvalue weighted by molar-refractivity contribution is 0.563. The van der Waals surface area contributed by atoms with Crippen molar-refractivity contribution < 1.29 is 13.2 Å². The zero-order chi connectivity index (χ0) is 10.6. The van der Waals surface area contributed by atoms with E-state index in [2.05, 4.69) is 4.72 Å². The number of rotatable bonds is 4. The largest absolute Gasteiger partial charge is 0.285 e. The lowest BCUT2D eigenvalue weighted by Crippen LogP contribution is -2.14. The number of hydrogen-bond acceptors (Lipinski definition) is 3. The molecule has 1 rings (SSSR count). The van der Waals surface area contributed by atoms with Crippen LogP contribution in [0, 0.1) is 0 Å². The van der Waals surface area contributed by atoms with Crippen molar-refractivity contribution in [2.45, 2.75) is 6.92 Å². The van der Waals surface area contributed by atoms with Gasteiger partial charge in [0.05, 0.1) is 5.75 Å². The van der Waals surface area contributed by atoms with E-state index in [1.165, 1.54) is 24.3 Å². The van der Waals surface area contributed by atoms with Crippen molar-refractivity contribution in [2.75, 3.05) is 10.5 Å². The molecular weight excluding hydrogens is 202 g/mol. The van der Waals surface area contributed by atoms with Crippen LogP contribution >= 0.6 is 0 Å². The zero-order valence-electron chi connectivity index (χ0n) is 7.65. The minimum Gasteiger partial charge on any atom is -0.285 e. The van der Waals surface area contributed by atoms with E-state index in [0.717, 1.165) is 0 Å². The van der Waals surface area contributed by atoms with Crippen molar-refractivity contribution >= 4 is 22.0 Å². The minimum absolute atomic E-state index is 0.0224. The third kappa shape index (κ3) is 2.85. The molecule has 0 saturated heterocycles. The number of nitrogens with one attached hydrogen (secondary N) is 1. The molecule has 1 aromatic rings. The quantitative estimate of drug-likeness (QED) is 0.806. The summed E-state index contributed by atoms with van der Waals surface area (Å²) in [6, 6.07) is 6.04. The van der Waals surface area contributed by atoms with Gasteiger partial charge in [-0.1, -0.05) is 0 Å². The Morgan fingerprint density at radius 2 is 1.86 bits per heavy atom. The van der Waals surface area contributed by atoms with Crippen LogP contribution in [0.15, 0.2) is 24.3 Å². The molecule has 0 saturated carbocycles. The van der Waals surface area contributed by atoms with Gasteiger partial charge in [-0.3, -0.25) is 9.52 Å². The highest BCUT2D eigenvalue weighted by molar-refractivity contribution is 7.92. The first-order valence-electron chi connectivity index (χ1n) is 4.06. The molecule has 0 amide bonds. The number of benzene rings is 1. The van der Waals surface area contributed by atoms with Gasteiger partial charge in [0.15, 0.2) is 0 Å². The molecule has 14 heavy (non-hydrogen) atoms. The van der Waals surface area contributed by atoms with Crippen LogP contribution in [-0.2, 0) is 14.8 Å². The predicted octanol–water partition coefficient (Wildman–Crippen LogP) is 0.906. The Bertz CT molecular complexity index is 408. The monoisotopic (exact) mass is 212 g/mol. The molecule has 0 fully saturated rings. The lowest BCUT2D eigenvalue weighted by atomic mass is 10.2. The summed E-state index contributed by atoms with van der Waals surface area (Å²) in [5.41, 5.74) is 0.843. The summed E-state index contributed by atoms with van der Waals surface area (Å²) in [6.07, 6.45) is 1.70. The molecule has 0 aliphatic rings. The van der Waals surface area contributed by atoms with Crippen molar-refractivity contribution in [3.05, 3.63) is 29.8 Å². The first-order chi connectivity index (χ1) is 6.57. The van der Waals surface area contributed by atoms with Gasteiger partial charge in [0.25, 0.3) is 0 Å². The van der Waals surface area contributed by atoms with Crippen molar-refractivity contribution in [3.63, 3.8) is 0 Å². The van der Waals surface area contributed by atoms with E-state index in [1.807, 2.05) is 0 Å². The average molecular weight is 212 g/mol. The maximum atomic E-state index is 11.1. The molecule has 0 spiro atoms. The van der Waals surface area contributed by atoms with Gasteiger partial charge in [0.2, 0.25) is 16.3 Å². The van der Waals surface area contributed by atoms with E-state index in [1.54, 1.807) is 13.2 Å². The van der Waals surface area contributed by atoms with E-state index in [4.69, 9.17) is 0 Å². The number of hydrogen-bond donors (Lipinski definition) is 1. The standard InChI is InChI=1S/C9H10NO3S/c1-2-14(12,13)10-9-5-3-8(7-11)4-6-9/h3-6,10H,2H2,1H3. The second kappa shape index (κ2) is 4.23. The maximum Gasteiger partial charge on any atom is 0.233 e. The van der Waals surface area contributed by atoms with E-state index in [9.17, 15) is 13.2 Å². The summed E-state index contributed by atoms with van der Waals surface area (Å²) in [4.78, 5) is 10.2. The first-order valence-corrected chi connectivity index (χ1v) is 5.71. The summed E-state index contributed by atoms with van der Waals surface area (Å²) in [5.74, 6) is 0.0224. The van der Waals surface area contributed by atoms with Crippen molar-refractivity contribution in [1.82, 2.24) is 0 Å². The topological polar surface area (TPSA) is 63.2 Å². The Morgan fingerprint density at radius 1 is 1.29 bits per heavy atom. The lowest BCUT2D eigenvalue weighted by Gasteiger charge is -2.04. The Labute approximate surface area is 83.0 Å². The van der Waals surface area contributed by atoms with Crippen LogP contribution in [0.3, 0.4) is 0 Å². The van der Waals surface area contributed by atoms with Crippen LogP contribution in [0.1, 0.15) is 12.5 Å². The third-order valence-electron chi connectivity index (χ3n) is 1.66. The molecule has 0 aliphatic carbocycles. The first kappa shape index (κ1) is 10.7. The van der Waals surface area contributed by atoms with Crippen LogP contribution in [0.4, 0.5) is 5.69 Å². The van der Waals surface area contributed by atoms with E-state index in [-0.39, 0.29) is 5.75 Å². The molecule has 4 nitrogen and oxygen atoms in total. The third-order valence-corrected chi connectivity index (χ3v) is 2.96. The highest BCUT2D eigenvalue weighted by atomic mass is 32.2. The number of anilines is 1. The number of sulfonamides is 1. The maximum absolute atomic E-state index is 11.1. The fraction of sp³-hybridized carbons (Fsp3) is 0.222. The van der Waals surface area contributed by atoms with Gasteiger partial charge in [0, 0.05) is 11.3 Å². The molecule has 0 heterocycles. The molecule has 0 unspecified atom stereocenters. The van der Waals surface area contributed by atoms with E-state index >= 15 is 0 Å². The van der Waals surface area contributed by atoms with Gasteiger partial charge >= 0.3 is 0 Å². The van der Waals surface area contributed by atoms with Crippen molar-refractivity contribution in [3.8, 4) is 0 Å². The normalized spacial score (nSPS) is 10.9. The van der Waals surface area contributed by atoms with Crippen molar-refractivity contribution in [1.29, 1.82) is 0 Å². The summed E-state index contributed by atoms with van der Waals surface area (Å²) in [7, 11) is -3.24. The van der Waals surface area contributed by atoms with Crippen LogP contribution in [0.5, 0.6) is 0 Å². The summed E-state index contributed by atoms with van der Waals surface area (Å²) in [6.45, 7) is 1.55. The van der Waals surface area contributed by atoms with Crippen LogP contribution < -0.4 is 4.72 Å². The molecule has 1 aromatic carbocycles. The SMILES string of the molecule is CCS(=O)(=O)Nc1ccc([C]=O)cc1. The van der Waals surface area contributed by atoms with Gasteiger partial charge < -0.3 is 0 Å². The summed E-state index contributed by atoms with van der Waals surface area (Å²) < 4.78 is 24.6. The fourth-order valence-electron chi connectivity index (χ4n) is 0.858. The molecular formula is C9H10NO3S. The highest BCUT2D eigenvalue weighted by Crippen LogP contribution is 2.09. The van der Waals surface area contributed by atoms with Crippen molar-refractivity contribution in [2.24, 2.45) is 0 Å². The molecule has 1 radical (unpaired) electrons. The van der Waals surface area contributed by atoms with Crippen LogP contribution in [0.2, 0.25) is 0 Å². The molecule has 1 N–H and O–H groups in total. The molecule has 75 valence electrons. The van der Waals surface area contributed by atoms with Gasteiger partial charge in [-0.15, -0.1) is 0 Å². The molecule has 0 aromatic heterocycles. The van der Waals surface area contributed by atoms with Gasteiger partial charge in [-0.05, 0) is 31.2 Å². The van der Waals surface area contributed by atoms with Gasteiger partial charge in [-0.25, -0.2) is 8.42 Å². The molecule has 0 aliphatic heterocycles. The Kier molecular flexibility index (Phi) is 3.24. The smallest absolute Gasteiger partial charge is 0.233 e. The fourth-order valence-corrected chi connectivity index (χ4v) is 1.50. The molecule has 0 atom stereocenters. The molecule has 0 bridgehead atoms. The number of carbonyl (C=O) groups excluding carboxylic acids is 1. The summed E-state index contributed by atoms with van der Waals surface area (Å²) in [5, 5.41) is 0. The second-order valence-corrected chi connectivity index (χ2v) is 4.70. The summed E-state index contributed by atoms with van der Waals surface area (Å²) >= 11 is 0. The van der Waals surface area contributed by atoms with E-state index < -0.39 is 10.0 Å². The minimum atomic E-state index is -3.24. The van der Waals surface area contributed by atoms with Gasteiger partial charge in [-0.2, -0.15) is 0 Å². The predicted molar refractivity (Wildman–Crippen MR) is 54.3 cm³/mol. The molecule has 5 heteroatoms. The Morgan fingerprint density at radius 3 is 2.29 bits per heavy atom. The average Bonchev–Trinajstić information content (AvgIpc) is 2.19. The Balaban J connectivity index is 2.84. The van der Waals surface area contributed by atoms with Crippen LogP contribution in [0.25, 0.3) is 0 Å². The second-order valence-electron chi connectivity index (χ2n) is 2.68. The van der Waals surface area contributed by atoms with Gasteiger partial charge in [0.1, 0.15) is 0 Å². The van der Waals surface area contributed by atoms with E-state index in [0.29, 0.717) is 11.3 Å². The van der Waals surface area contributed by atoms with Crippen LogP contribution in [-0.4, -0.2) is 20.5 Å². The Hall–Kier alpha value is -1.36.